The molecule has 0 aliphatic carbocycles. The van der Waals surface area contributed by atoms with Crippen LogP contribution in [-0.2, 0) is 21.4 Å². The van der Waals surface area contributed by atoms with Gasteiger partial charge in [0.1, 0.15) is 11.5 Å². The van der Waals surface area contributed by atoms with Gasteiger partial charge in [0, 0.05) is 6.54 Å². The predicted octanol–water partition coefficient (Wildman–Crippen LogP) is 1.11. The molecule has 1 heterocycles. The smallest absolute Gasteiger partial charge is 0.261 e. The van der Waals surface area contributed by atoms with E-state index < -0.39 is 23.1 Å². The Morgan fingerprint density at radius 1 is 1.53 bits per heavy atom. The molecule has 0 saturated carbocycles. The standard InChI is InChI=1S/C10H15F2NO4S2/c1-7-6-18-8(4-14)10(7)19(15,16)13-2-3-17-5-9(11)12/h6,9,13-14H,2-5H2,1H3. The lowest BCUT2D eigenvalue weighted by Crippen LogP contribution is -2.28. The summed E-state index contributed by atoms with van der Waals surface area (Å²) in [5.41, 5.74) is 0.537. The lowest BCUT2D eigenvalue weighted by Gasteiger charge is -2.08. The molecule has 1 aromatic heterocycles. The van der Waals surface area contributed by atoms with E-state index in [9.17, 15) is 17.2 Å². The molecule has 19 heavy (non-hydrogen) atoms. The highest BCUT2D eigenvalue weighted by Gasteiger charge is 2.22. The molecule has 0 amide bonds. The number of hydrogen-bond acceptors (Lipinski definition) is 5. The summed E-state index contributed by atoms with van der Waals surface area (Å²) < 4.78 is 54.3. The fourth-order valence-corrected chi connectivity index (χ4v) is 4.12. The fourth-order valence-electron chi connectivity index (χ4n) is 1.45. The second kappa shape index (κ2) is 7.25. The van der Waals surface area contributed by atoms with Crippen LogP contribution in [0.3, 0.4) is 0 Å². The van der Waals surface area contributed by atoms with E-state index in [-0.39, 0.29) is 24.7 Å². The molecule has 9 heteroatoms. The van der Waals surface area contributed by atoms with Gasteiger partial charge in [0.05, 0.1) is 18.1 Å². The molecule has 0 radical (unpaired) electrons. The van der Waals surface area contributed by atoms with Crippen LogP contribution < -0.4 is 4.72 Å². The molecule has 1 aromatic rings. The van der Waals surface area contributed by atoms with Crippen molar-refractivity contribution >= 4 is 21.4 Å². The van der Waals surface area contributed by atoms with Crippen molar-refractivity contribution in [1.29, 1.82) is 0 Å². The Labute approximate surface area is 114 Å². The summed E-state index contributed by atoms with van der Waals surface area (Å²) in [5, 5.41) is 10.7. The molecule has 2 N–H and O–H groups in total. The quantitative estimate of drug-likeness (QED) is 0.705. The molecule has 1 rings (SSSR count). The van der Waals surface area contributed by atoms with Gasteiger partial charge in [0.15, 0.2) is 0 Å². The largest absolute Gasteiger partial charge is 0.391 e. The van der Waals surface area contributed by atoms with E-state index in [1.165, 1.54) is 0 Å². The molecule has 0 aromatic carbocycles. The minimum atomic E-state index is -3.76. The van der Waals surface area contributed by atoms with Crippen LogP contribution >= 0.6 is 11.3 Å². The highest BCUT2D eigenvalue weighted by molar-refractivity contribution is 7.89. The van der Waals surface area contributed by atoms with Gasteiger partial charge in [0.25, 0.3) is 6.43 Å². The van der Waals surface area contributed by atoms with Crippen LogP contribution in [0.15, 0.2) is 10.3 Å². The lowest BCUT2D eigenvalue weighted by molar-refractivity contribution is 0.0199. The van der Waals surface area contributed by atoms with Gasteiger partial charge < -0.3 is 9.84 Å². The monoisotopic (exact) mass is 315 g/mol. The number of sulfonamides is 1. The van der Waals surface area contributed by atoms with E-state index in [2.05, 4.69) is 9.46 Å². The second-order valence-corrected chi connectivity index (χ2v) is 6.36. The van der Waals surface area contributed by atoms with Gasteiger partial charge in [0.2, 0.25) is 10.0 Å². The molecule has 0 atom stereocenters. The number of thiophene rings is 1. The summed E-state index contributed by atoms with van der Waals surface area (Å²) in [6.07, 6.45) is -2.57. The molecule has 110 valence electrons. The highest BCUT2D eigenvalue weighted by Crippen LogP contribution is 2.26. The number of hydrogen-bond donors (Lipinski definition) is 2. The Hall–Kier alpha value is -0.610. The van der Waals surface area contributed by atoms with E-state index in [0.717, 1.165) is 11.3 Å². The number of aliphatic hydroxyl groups is 1. The topological polar surface area (TPSA) is 75.6 Å². The van der Waals surface area contributed by atoms with Crippen molar-refractivity contribution in [3.8, 4) is 0 Å². The zero-order valence-corrected chi connectivity index (χ0v) is 11.9. The average molecular weight is 315 g/mol. The first-order valence-corrected chi connectivity index (χ1v) is 7.78. The second-order valence-electron chi connectivity index (χ2n) is 3.69. The van der Waals surface area contributed by atoms with Crippen LogP contribution in [0.2, 0.25) is 0 Å². The van der Waals surface area contributed by atoms with Gasteiger partial charge in [-0.15, -0.1) is 11.3 Å². The van der Waals surface area contributed by atoms with E-state index >= 15 is 0 Å². The number of alkyl halides is 2. The van der Waals surface area contributed by atoms with Gasteiger partial charge in [-0.05, 0) is 17.9 Å². The van der Waals surface area contributed by atoms with Gasteiger partial charge in [-0.1, -0.05) is 0 Å². The highest BCUT2D eigenvalue weighted by atomic mass is 32.2. The summed E-state index contributed by atoms with van der Waals surface area (Å²) >= 11 is 1.15. The van der Waals surface area contributed by atoms with Crippen LogP contribution in [0.4, 0.5) is 8.78 Å². The van der Waals surface area contributed by atoms with Crippen molar-refractivity contribution in [3.63, 3.8) is 0 Å². The van der Waals surface area contributed by atoms with Gasteiger partial charge in [-0.2, -0.15) is 0 Å². The summed E-state index contributed by atoms with van der Waals surface area (Å²) in [6, 6.07) is 0. The van der Waals surface area contributed by atoms with Crippen LogP contribution in [0.1, 0.15) is 10.4 Å². The van der Waals surface area contributed by atoms with Gasteiger partial charge in [-0.3, -0.25) is 0 Å². The Morgan fingerprint density at radius 2 is 2.21 bits per heavy atom. The summed E-state index contributed by atoms with van der Waals surface area (Å²) in [7, 11) is -3.76. The minimum absolute atomic E-state index is 0.0499. The zero-order valence-electron chi connectivity index (χ0n) is 10.2. The average Bonchev–Trinajstić information content (AvgIpc) is 2.70. The third-order valence-corrected chi connectivity index (χ3v) is 5.09. The predicted molar refractivity (Wildman–Crippen MR) is 67.0 cm³/mol. The Bertz CT molecular complexity index is 502. The molecule has 0 aliphatic heterocycles. The molecule has 0 aliphatic rings. The maximum Gasteiger partial charge on any atom is 0.261 e. The third-order valence-electron chi connectivity index (χ3n) is 2.18. The first kappa shape index (κ1) is 16.4. The Kier molecular flexibility index (Phi) is 6.27. The lowest BCUT2D eigenvalue weighted by atomic mass is 10.3. The van der Waals surface area contributed by atoms with E-state index in [4.69, 9.17) is 5.11 Å². The van der Waals surface area contributed by atoms with Gasteiger partial charge in [-0.25, -0.2) is 21.9 Å². The Balaban J connectivity index is 2.59. The first-order chi connectivity index (χ1) is 8.88. The number of aryl methyl sites for hydroxylation is 1. The maximum absolute atomic E-state index is 12.0. The van der Waals surface area contributed by atoms with E-state index in [0.29, 0.717) is 10.4 Å². The van der Waals surface area contributed by atoms with E-state index in [1.54, 1.807) is 12.3 Å². The number of aliphatic hydroxyl groups excluding tert-OH is 1. The number of rotatable bonds is 8. The minimum Gasteiger partial charge on any atom is -0.391 e. The number of halogens is 2. The van der Waals surface area contributed by atoms with Crippen molar-refractivity contribution in [2.24, 2.45) is 0 Å². The van der Waals surface area contributed by atoms with Crippen molar-refractivity contribution < 1.29 is 27.0 Å². The molecule has 0 bridgehead atoms. The Morgan fingerprint density at radius 3 is 2.79 bits per heavy atom. The zero-order chi connectivity index (χ0) is 14.5. The third kappa shape index (κ3) is 4.77. The number of nitrogens with one attached hydrogen (secondary N) is 1. The molecule has 0 fully saturated rings. The molecular formula is C10H15F2NO4S2. The SMILES string of the molecule is Cc1csc(CO)c1S(=O)(=O)NCCOCC(F)F. The first-order valence-electron chi connectivity index (χ1n) is 5.42. The molecular weight excluding hydrogens is 300 g/mol. The van der Waals surface area contributed by atoms with Crippen LogP contribution in [0.25, 0.3) is 0 Å². The normalized spacial score (nSPS) is 12.3. The van der Waals surface area contributed by atoms with Crippen LogP contribution in [0, 0.1) is 6.92 Å². The van der Waals surface area contributed by atoms with Crippen molar-refractivity contribution in [3.05, 3.63) is 15.8 Å². The summed E-state index contributed by atoms with van der Waals surface area (Å²) in [6.45, 7) is 0.297. The van der Waals surface area contributed by atoms with Crippen LogP contribution in [0.5, 0.6) is 0 Å². The molecule has 0 unspecified atom stereocenters. The van der Waals surface area contributed by atoms with E-state index in [1.807, 2.05) is 0 Å². The van der Waals surface area contributed by atoms with Crippen molar-refractivity contribution in [1.82, 2.24) is 4.72 Å². The maximum atomic E-state index is 12.0. The fraction of sp³-hybridized carbons (Fsp3) is 0.600. The van der Waals surface area contributed by atoms with Crippen LogP contribution in [-0.4, -0.2) is 39.7 Å². The molecule has 0 spiro atoms. The van der Waals surface area contributed by atoms with Crippen molar-refractivity contribution in [2.45, 2.75) is 24.9 Å². The molecule has 0 saturated heterocycles. The molecule has 5 nitrogen and oxygen atoms in total. The summed E-state index contributed by atoms with van der Waals surface area (Å²) in [4.78, 5) is 0.396. The van der Waals surface area contributed by atoms with Crippen molar-refractivity contribution in [2.75, 3.05) is 19.8 Å². The summed E-state index contributed by atoms with van der Waals surface area (Å²) in [5.74, 6) is 0. The number of ether oxygens (including phenoxy) is 1. The van der Waals surface area contributed by atoms with Gasteiger partial charge >= 0.3 is 0 Å².